The van der Waals surface area contributed by atoms with E-state index in [0.29, 0.717) is 25.9 Å². The number of terminal acetylenes is 1. The summed E-state index contributed by atoms with van der Waals surface area (Å²) in [4.78, 5) is 13.5. The van der Waals surface area contributed by atoms with Crippen LogP contribution < -0.4 is 0 Å². The number of ether oxygens (including phenoxy) is 1. The molecule has 1 N–H and O–H groups in total. The highest BCUT2D eigenvalue weighted by Crippen LogP contribution is 2.34. The minimum atomic E-state index is -0.752. The second-order valence-electron chi connectivity index (χ2n) is 6.19. The molecule has 0 spiro atoms. The summed E-state index contributed by atoms with van der Waals surface area (Å²) in [6.45, 7) is 8.65. The van der Waals surface area contributed by atoms with Gasteiger partial charge in [-0.2, -0.15) is 0 Å². The Balaban J connectivity index is 2.55. The molecule has 0 radical (unpaired) electrons. The van der Waals surface area contributed by atoms with E-state index in [1.807, 2.05) is 27.7 Å². The van der Waals surface area contributed by atoms with E-state index in [1.165, 1.54) is 0 Å². The third kappa shape index (κ3) is 3.64. The fraction of sp³-hybridized carbons (Fsp3) is 0.786. The molecular formula is C14H23NO3. The van der Waals surface area contributed by atoms with Crippen LogP contribution in [0, 0.1) is 17.8 Å². The van der Waals surface area contributed by atoms with Crippen LogP contribution in [0.1, 0.15) is 40.5 Å². The Morgan fingerprint density at radius 1 is 1.44 bits per heavy atom. The van der Waals surface area contributed by atoms with Crippen LogP contribution in [0.4, 0.5) is 4.79 Å². The van der Waals surface area contributed by atoms with Gasteiger partial charge in [-0.15, -0.1) is 6.42 Å². The number of hydrogen-bond donors (Lipinski definition) is 1. The second kappa shape index (κ2) is 5.19. The van der Waals surface area contributed by atoms with Crippen molar-refractivity contribution < 1.29 is 14.6 Å². The molecule has 0 aromatic heterocycles. The molecule has 0 aromatic rings. The molecule has 0 saturated carbocycles. The largest absolute Gasteiger partial charge is 0.444 e. The van der Waals surface area contributed by atoms with Gasteiger partial charge >= 0.3 is 6.09 Å². The average molecular weight is 253 g/mol. The first-order valence-corrected chi connectivity index (χ1v) is 6.30. The van der Waals surface area contributed by atoms with E-state index in [2.05, 4.69) is 5.92 Å². The van der Waals surface area contributed by atoms with E-state index in [1.54, 1.807) is 4.90 Å². The van der Waals surface area contributed by atoms with Crippen molar-refractivity contribution >= 4 is 6.09 Å². The predicted molar refractivity (Wildman–Crippen MR) is 70.0 cm³/mol. The Kier molecular flexibility index (Phi) is 4.28. The van der Waals surface area contributed by atoms with E-state index in [0.717, 1.165) is 0 Å². The quantitative estimate of drug-likeness (QED) is 0.727. The van der Waals surface area contributed by atoms with Gasteiger partial charge in [0, 0.05) is 18.5 Å². The number of likely N-dealkylation sites (tertiary alicyclic amines) is 1. The van der Waals surface area contributed by atoms with Gasteiger partial charge in [-0.1, -0.05) is 12.8 Å². The average Bonchev–Trinajstić information content (AvgIpc) is 2.26. The fourth-order valence-electron chi connectivity index (χ4n) is 2.00. The lowest BCUT2D eigenvalue weighted by molar-refractivity contribution is -0.00737. The van der Waals surface area contributed by atoms with E-state index in [4.69, 9.17) is 11.2 Å². The Morgan fingerprint density at radius 3 is 2.33 bits per heavy atom. The van der Waals surface area contributed by atoms with Crippen LogP contribution in [0.3, 0.4) is 0 Å². The predicted octanol–water partition coefficient (Wildman–Crippen LogP) is 2.02. The smallest absolute Gasteiger partial charge is 0.410 e. The van der Waals surface area contributed by atoms with Crippen molar-refractivity contribution in [1.29, 1.82) is 0 Å². The minimum Gasteiger partial charge on any atom is -0.444 e. The van der Waals surface area contributed by atoms with Gasteiger partial charge in [-0.3, -0.25) is 0 Å². The van der Waals surface area contributed by atoms with Gasteiger partial charge < -0.3 is 14.7 Å². The standard InChI is InChI=1S/C14H23NO3/c1-6-11(16)14(5)7-9-15(10-8-14)12(17)18-13(2,3)4/h1,11,16H,7-10H2,2-5H3/t11-/m0/s1. The molecule has 0 aromatic carbocycles. The summed E-state index contributed by atoms with van der Waals surface area (Å²) in [5, 5.41) is 9.78. The van der Waals surface area contributed by atoms with E-state index in [-0.39, 0.29) is 11.5 Å². The van der Waals surface area contributed by atoms with Gasteiger partial charge in [0.15, 0.2) is 0 Å². The lowest BCUT2D eigenvalue weighted by atomic mass is 9.76. The summed E-state index contributed by atoms with van der Waals surface area (Å²) in [6.07, 6.45) is 5.60. The number of rotatable bonds is 1. The zero-order valence-corrected chi connectivity index (χ0v) is 11.7. The van der Waals surface area contributed by atoms with Crippen molar-refractivity contribution in [2.75, 3.05) is 13.1 Å². The van der Waals surface area contributed by atoms with Crippen LogP contribution in [0.25, 0.3) is 0 Å². The molecule has 0 bridgehead atoms. The van der Waals surface area contributed by atoms with Crippen molar-refractivity contribution in [2.24, 2.45) is 5.41 Å². The summed E-state index contributed by atoms with van der Waals surface area (Å²) in [7, 11) is 0. The number of nitrogens with zero attached hydrogens (tertiary/aromatic N) is 1. The molecule has 18 heavy (non-hydrogen) atoms. The van der Waals surface area contributed by atoms with Crippen LogP contribution in [-0.4, -0.2) is 40.9 Å². The maximum atomic E-state index is 11.9. The van der Waals surface area contributed by atoms with Crippen molar-refractivity contribution in [3.05, 3.63) is 0 Å². The normalized spacial score (nSPS) is 21.0. The molecule has 1 amide bonds. The molecule has 1 aliphatic rings. The van der Waals surface area contributed by atoms with Crippen LogP contribution in [0.15, 0.2) is 0 Å². The second-order valence-corrected chi connectivity index (χ2v) is 6.19. The van der Waals surface area contributed by atoms with Crippen LogP contribution in [-0.2, 0) is 4.74 Å². The lowest BCUT2D eigenvalue weighted by Gasteiger charge is -2.40. The number of carbonyl (C=O) groups excluding carboxylic acids is 1. The molecule has 1 heterocycles. The number of hydrogen-bond acceptors (Lipinski definition) is 3. The summed E-state index contributed by atoms with van der Waals surface area (Å²) < 4.78 is 5.32. The van der Waals surface area contributed by atoms with Gasteiger partial charge in [0.2, 0.25) is 0 Å². The number of amides is 1. The molecule has 102 valence electrons. The van der Waals surface area contributed by atoms with Gasteiger partial charge in [0.1, 0.15) is 11.7 Å². The van der Waals surface area contributed by atoms with Crippen molar-refractivity contribution in [2.45, 2.75) is 52.2 Å². The molecule has 1 fully saturated rings. The van der Waals surface area contributed by atoms with Crippen molar-refractivity contribution in [1.82, 2.24) is 4.90 Å². The third-order valence-corrected chi connectivity index (χ3v) is 3.38. The lowest BCUT2D eigenvalue weighted by Crippen LogP contribution is -2.47. The maximum Gasteiger partial charge on any atom is 0.410 e. The maximum absolute atomic E-state index is 11.9. The van der Waals surface area contributed by atoms with Crippen LogP contribution in [0.2, 0.25) is 0 Å². The Morgan fingerprint density at radius 2 is 1.94 bits per heavy atom. The molecule has 0 unspecified atom stereocenters. The molecule has 1 aliphatic heterocycles. The summed E-state index contributed by atoms with van der Waals surface area (Å²) in [6, 6.07) is 0. The van der Waals surface area contributed by atoms with Crippen molar-refractivity contribution in [3.8, 4) is 12.3 Å². The molecule has 1 atom stereocenters. The Bertz CT molecular complexity index is 343. The highest BCUT2D eigenvalue weighted by atomic mass is 16.6. The summed E-state index contributed by atoms with van der Waals surface area (Å²) in [5.41, 5.74) is -0.774. The van der Waals surface area contributed by atoms with Gasteiger partial charge in [-0.05, 0) is 33.6 Å². The van der Waals surface area contributed by atoms with E-state index >= 15 is 0 Å². The van der Waals surface area contributed by atoms with Crippen LogP contribution >= 0.6 is 0 Å². The minimum absolute atomic E-state index is 0.292. The third-order valence-electron chi connectivity index (χ3n) is 3.38. The van der Waals surface area contributed by atoms with Gasteiger partial charge in [0.05, 0.1) is 0 Å². The number of carbonyl (C=O) groups is 1. The number of aliphatic hydroxyl groups excluding tert-OH is 1. The number of aliphatic hydroxyl groups is 1. The SMILES string of the molecule is C#C[C@H](O)C1(C)CCN(C(=O)OC(C)(C)C)CC1. The van der Waals surface area contributed by atoms with E-state index in [9.17, 15) is 9.90 Å². The van der Waals surface area contributed by atoms with E-state index < -0.39 is 11.7 Å². The molecule has 4 nitrogen and oxygen atoms in total. The van der Waals surface area contributed by atoms with Crippen LogP contribution in [0.5, 0.6) is 0 Å². The molecule has 4 heteroatoms. The Hall–Kier alpha value is -1.21. The number of piperidine rings is 1. The topological polar surface area (TPSA) is 49.8 Å². The first-order chi connectivity index (χ1) is 8.18. The van der Waals surface area contributed by atoms with Gasteiger partial charge in [0.25, 0.3) is 0 Å². The summed E-state index contributed by atoms with van der Waals surface area (Å²) in [5.74, 6) is 2.38. The first kappa shape index (κ1) is 14.8. The zero-order chi connectivity index (χ0) is 14.0. The monoisotopic (exact) mass is 253 g/mol. The zero-order valence-electron chi connectivity index (χ0n) is 11.7. The summed E-state index contributed by atoms with van der Waals surface area (Å²) >= 11 is 0. The molecule has 1 saturated heterocycles. The first-order valence-electron chi connectivity index (χ1n) is 6.30. The van der Waals surface area contributed by atoms with Gasteiger partial charge in [-0.25, -0.2) is 4.79 Å². The highest BCUT2D eigenvalue weighted by Gasteiger charge is 2.37. The fourth-order valence-corrected chi connectivity index (χ4v) is 2.00. The molecule has 1 rings (SSSR count). The Labute approximate surface area is 109 Å². The van der Waals surface area contributed by atoms with Crippen molar-refractivity contribution in [3.63, 3.8) is 0 Å². The molecule has 0 aliphatic carbocycles. The molecular weight excluding hydrogens is 230 g/mol. The highest BCUT2D eigenvalue weighted by molar-refractivity contribution is 5.68.